The SMILES string of the molecule is Cc1ccc(CCN(C)CC(C)CN)cc1C. The highest BCUT2D eigenvalue weighted by Gasteiger charge is 2.05. The van der Waals surface area contributed by atoms with Gasteiger partial charge in [0.15, 0.2) is 0 Å². The molecule has 0 spiro atoms. The van der Waals surface area contributed by atoms with E-state index in [0.717, 1.165) is 26.1 Å². The van der Waals surface area contributed by atoms with Gasteiger partial charge < -0.3 is 10.6 Å². The Balaban J connectivity index is 2.42. The molecule has 2 N–H and O–H groups in total. The zero-order valence-corrected chi connectivity index (χ0v) is 11.7. The number of hydrogen-bond acceptors (Lipinski definition) is 2. The van der Waals surface area contributed by atoms with Crippen molar-refractivity contribution < 1.29 is 0 Å². The van der Waals surface area contributed by atoms with E-state index in [2.05, 4.69) is 50.9 Å². The monoisotopic (exact) mass is 234 g/mol. The summed E-state index contributed by atoms with van der Waals surface area (Å²) in [5, 5.41) is 0. The number of nitrogens with zero attached hydrogens (tertiary/aromatic N) is 1. The van der Waals surface area contributed by atoms with Gasteiger partial charge in [0.1, 0.15) is 0 Å². The number of rotatable bonds is 6. The normalized spacial score (nSPS) is 13.1. The minimum atomic E-state index is 0.583. The Morgan fingerprint density at radius 1 is 1.24 bits per heavy atom. The predicted molar refractivity (Wildman–Crippen MR) is 75.3 cm³/mol. The molecule has 0 aromatic heterocycles. The van der Waals surface area contributed by atoms with Crippen molar-refractivity contribution in [3.63, 3.8) is 0 Å². The summed E-state index contributed by atoms with van der Waals surface area (Å²) in [6.45, 7) is 9.50. The van der Waals surface area contributed by atoms with Crippen LogP contribution in [0.5, 0.6) is 0 Å². The Hall–Kier alpha value is -0.860. The fourth-order valence-electron chi connectivity index (χ4n) is 1.98. The first kappa shape index (κ1) is 14.2. The van der Waals surface area contributed by atoms with Crippen LogP contribution in [0.15, 0.2) is 18.2 Å². The lowest BCUT2D eigenvalue weighted by atomic mass is 10.0. The highest BCUT2D eigenvalue weighted by atomic mass is 15.1. The Kier molecular flexibility index (Phi) is 5.66. The van der Waals surface area contributed by atoms with Crippen LogP contribution >= 0.6 is 0 Å². The molecule has 0 saturated carbocycles. The average Bonchev–Trinajstić information content (AvgIpc) is 2.30. The molecule has 2 heteroatoms. The van der Waals surface area contributed by atoms with Crippen molar-refractivity contribution in [1.82, 2.24) is 4.90 Å². The molecule has 1 aromatic rings. The number of nitrogens with two attached hydrogens (primary N) is 1. The van der Waals surface area contributed by atoms with Crippen LogP contribution in [0.25, 0.3) is 0 Å². The van der Waals surface area contributed by atoms with Crippen LogP contribution in [-0.2, 0) is 6.42 Å². The topological polar surface area (TPSA) is 29.3 Å². The lowest BCUT2D eigenvalue weighted by molar-refractivity contribution is 0.292. The van der Waals surface area contributed by atoms with E-state index in [1.165, 1.54) is 16.7 Å². The molecule has 0 radical (unpaired) electrons. The second-order valence-electron chi connectivity index (χ2n) is 5.27. The van der Waals surface area contributed by atoms with Crippen LogP contribution in [0.1, 0.15) is 23.6 Å². The Morgan fingerprint density at radius 2 is 1.94 bits per heavy atom. The molecule has 0 fully saturated rings. The number of hydrogen-bond donors (Lipinski definition) is 1. The molecule has 17 heavy (non-hydrogen) atoms. The summed E-state index contributed by atoms with van der Waals surface area (Å²) in [5.41, 5.74) is 9.83. The molecule has 1 aromatic carbocycles. The van der Waals surface area contributed by atoms with E-state index >= 15 is 0 Å². The van der Waals surface area contributed by atoms with Gasteiger partial charge in [-0.3, -0.25) is 0 Å². The van der Waals surface area contributed by atoms with E-state index in [4.69, 9.17) is 5.73 Å². The average molecular weight is 234 g/mol. The lowest BCUT2D eigenvalue weighted by Crippen LogP contribution is -2.30. The van der Waals surface area contributed by atoms with E-state index in [0.29, 0.717) is 5.92 Å². The lowest BCUT2D eigenvalue weighted by Gasteiger charge is -2.20. The Labute approximate surface area is 106 Å². The number of benzene rings is 1. The van der Waals surface area contributed by atoms with Gasteiger partial charge in [-0.2, -0.15) is 0 Å². The maximum Gasteiger partial charge on any atom is 0.00189 e. The van der Waals surface area contributed by atoms with Crippen LogP contribution in [-0.4, -0.2) is 31.6 Å². The van der Waals surface area contributed by atoms with Gasteiger partial charge in [0.2, 0.25) is 0 Å². The molecule has 2 nitrogen and oxygen atoms in total. The fourth-order valence-corrected chi connectivity index (χ4v) is 1.98. The first-order valence-corrected chi connectivity index (χ1v) is 6.47. The number of aryl methyl sites for hydroxylation is 2. The van der Waals surface area contributed by atoms with E-state index in [1.54, 1.807) is 0 Å². The summed E-state index contributed by atoms with van der Waals surface area (Å²) >= 11 is 0. The molecule has 1 atom stereocenters. The van der Waals surface area contributed by atoms with Crippen LogP contribution < -0.4 is 5.73 Å². The molecule has 1 rings (SSSR count). The molecule has 0 aliphatic heterocycles. The predicted octanol–water partition coefficient (Wildman–Crippen LogP) is 2.37. The maximum absolute atomic E-state index is 5.64. The maximum atomic E-state index is 5.64. The van der Waals surface area contributed by atoms with Crippen LogP contribution in [0.3, 0.4) is 0 Å². The highest BCUT2D eigenvalue weighted by Crippen LogP contribution is 2.10. The first-order valence-electron chi connectivity index (χ1n) is 6.47. The largest absolute Gasteiger partial charge is 0.330 e. The van der Waals surface area contributed by atoms with Gasteiger partial charge in [-0.1, -0.05) is 25.1 Å². The van der Waals surface area contributed by atoms with Crippen molar-refractivity contribution in [2.45, 2.75) is 27.2 Å². The fraction of sp³-hybridized carbons (Fsp3) is 0.600. The first-order chi connectivity index (χ1) is 8.02. The van der Waals surface area contributed by atoms with Crippen molar-refractivity contribution in [3.05, 3.63) is 34.9 Å². The molecular weight excluding hydrogens is 208 g/mol. The third kappa shape index (κ3) is 4.88. The minimum absolute atomic E-state index is 0.583. The van der Waals surface area contributed by atoms with Crippen molar-refractivity contribution in [2.75, 3.05) is 26.7 Å². The number of likely N-dealkylation sites (N-methyl/N-ethyl adjacent to an activating group) is 1. The zero-order valence-electron chi connectivity index (χ0n) is 11.7. The van der Waals surface area contributed by atoms with Gasteiger partial charge in [-0.15, -0.1) is 0 Å². The molecule has 0 amide bonds. The molecular formula is C15H26N2. The van der Waals surface area contributed by atoms with E-state index < -0.39 is 0 Å². The van der Waals surface area contributed by atoms with Gasteiger partial charge in [-0.05, 0) is 56.5 Å². The molecule has 0 aliphatic carbocycles. The van der Waals surface area contributed by atoms with Gasteiger partial charge in [0, 0.05) is 13.1 Å². The van der Waals surface area contributed by atoms with Crippen molar-refractivity contribution in [1.29, 1.82) is 0 Å². The van der Waals surface area contributed by atoms with Crippen molar-refractivity contribution in [2.24, 2.45) is 11.7 Å². The smallest absolute Gasteiger partial charge is 0.00189 e. The van der Waals surface area contributed by atoms with E-state index in [9.17, 15) is 0 Å². The van der Waals surface area contributed by atoms with Gasteiger partial charge in [-0.25, -0.2) is 0 Å². The third-order valence-electron chi connectivity index (χ3n) is 3.38. The van der Waals surface area contributed by atoms with E-state index in [1.807, 2.05) is 0 Å². The second-order valence-corrected chi connectivity index (χ2v) is 5.27. The summed E-state index contributed by atoms with van der Waals surface area (Å²) in [7, 11) is 2.17. The summed E-state index contributed by atoms with van der Waals surface area (Å²) in [4.78, 5) is 2.37. The summed E-state index contributed by atoms with van der Waals surface area (Å²) in [6.07, 6.45) is 1.12. The van der Waals surface area contributed by atoms with Crippen LogP contribution in [0.2, 0.25) is 0 Å². The van der Waals surface area contributed by atoms with Gasteiger partial charge in [0.25, 0.3) is 0 Å². The molecule has 96 valence electrons. The molecule has 0 aliphatic rings. The second kappa shape index (κ2) is 6.77. The molecule has 0 bridgehead atoms. The zero-order chi connectivity index (χ0) is 12.8. The summed E-state index contributed by atoms with van der Waals surface area (Å²) in [6, 6.07) is 6.76. The summed E-state index contributed by atoms with van der Waals surface area (Å²) < 4.78 is 0. The van der Waals surface area contributed by atoms with Crippen LogP contribution in [0.4, 0.5) is 0 Å². The molecule has 0 saturated heterocycles. The van der Waals surface area contributed by atoms with E-state index in [-0.39, 0.29) is 0 Å². The van der Waals surface area contributed by atoms with Crippen LogP contribution in [0, 0.1) is 19.8 Å². The van der Waals surface area contributed by atoms with Gasteiger partial charge in [0.05, 0.1) is 0 Å². The minimum Gasteiger partial charge on any atom is -0.330 e. The van der Waals surface area contributed by atoms with Gasteiger partial charge >= 0.3 is 0 Å². The Morgan fingerprint density at radius 3 is 2.53 bits per heavy atom. The molecule has 0 heterocycles. The Bertz CT molecular complexity index is 347. The van der Waals surface area contributed by atoms with Crippen molar-refractivity contribution in [3.8, 4) is 0 Å². The molecule has 1 unspecified atom stereocenters. The standard InChI is InChI=1S/C15H26N2/c1-12(10-16)11-17(4)8-7-15-6-5-13(2)14(3)9-15/h5-6,9,12H,7-8,10-11,16H2,1-4H3. The third-order valence-corrected chi connectivity index (χ3v) is 3.38. The summed E-state index contributed by atoms with van der Waals surface area (Å²) in [5.74, 6) is 0.583. The highest BCUT2D eigenvalue weighted by molar-refractivity contribution is 5.30. The van der Waals surface area contributed by atoms with Crippen molar-refractivity contribution >= 4 is 0 Å². The quantitative estimate of drug-likeness (QED) is 0.819.